The number of carbonyl (C=O) groups is 1. The van der Waals surface area contributed by atoms with E-state index in [0.29, 0.717) is 5.92 Å². The van der Waals surface area contributed by atoms with Gasteiger partial charge in [0.15, 0.2) is 5.69 Å². The highest BCUT2D eigenvalue weighted by atomic mass is 35.7. The minimum Gasteiger partial charge on any atom is -0.348 e. The number of rotatable bonds is 3. The van der Waals surface area contributed by atoms with Gasteiger partial charge in [0, 0.05) is 16.7 Å². The second-order valence-electron chi connectivity index (χ2n) is 5.75. The van der Waals surface area contributed by atoms with Crippen LogP contribution >= 0.6 is 10.7 Å². The Hall–Kier alpha value is -1.08. The van der Waals surface area contributed by atoms with Crippen LogP contribution in [0.3, 0.4) is 0 Å². The predicted octanol–water partition coefficient (Wildman–Crippen LogP) is 2.34. The first-order valence-electron chi connectivity index (χ1n) is 7.09. The van der Waals surface area contributed by atoms with Crippen LogP contribution in [0.5, 0.6) is 0 Å². The highest BCUT2D eigenvalue weighted by Crippen LogP contribution is 2.24. The van der Waals surface area contributed by atoms with Crippen molar-refractivity contribution in [3.63, 3.8) is 0 Å². The Kier molecular flexibility index (Phi) is 4.93. The molecular formula is C13H20ClN3O3S. The molecule has 8 heteroatoms. The van der Waals surface area contributed by atoms with Crippen LogP contribution in [0.2, 0.25) is 0 Å². The maximum Gasteiger partial charge on any atom is 0.273 e. The molecule has 1 fully saturated rings. The fourth-order valence-corrected chi connectivity index (χ4v) is 4.10. The number of H-pyrrole nitrogens is 1. The van der Waals surface area contributed by atoms with Crippen LogP contribution in [0, 0.1) is 12.8 Å². The number of amides is 1. The van der Waals surface area contributed by atoms with E-state index < -0.39 is 15.0 Å². The zero-order valence-corrected chi connectivity index (χ0v) is 13.7. The number of hydrogen-bond acceptors (Lipinski definition) is 4. The smallest absolute Gasteiger partial charge is 0.273 e. The van der Waals surface area contributed by atoms with Crippen molar-refractivity contribution in [3.05, 3.63) is 11.4 Å². The molecule has 0 bridgehead atoms. The number of aromatic nitrogens is 2. The lowest BCUT2D eigenvalue weighted by Gasteiger charge is -2.15. The molecule has 1 heterocycles. The van der Waals surface area contributed by atoms with E-state index in [1.807, 2.05) is 0 Å². The molecule has 1 aliphatic carbocycles. The lowest BCUT2D eigenvalue weighted by Crippen LogP contribution is -2.35. The van der Waals surface area contributed by atoms with Crippen LogP contribution in [0.4, 0.5) is 0 Å². The third kappa shape index (κ3) is 3.97. The molecule has 2 atom stereocenters. The minimum atomic E-state index is -4.00. The molecule has 118 valence electrons. The van der Waals surface area contributed by atoms with Gasteiger partial charge in [-0.05, 0) is 32.1 Å². The summed E-state index contributed by atoms with van der Waals surface area (Å²) in [5.41, 5.74) is 0.115. The highest BCUT2D eigenvalue weighted by molar-refractivity contribution is 8.13. The molecule has 1 aliphatic rings. The molecule has 2 N–H and O–H groups in total. The summed E-state index contributed by atoms with van der Waals surface area (Å²) in [7, 11) is 1.37. The molecule has 0 radical (unpaired) electrons. The maximum atomic E-state index is 12.3. The van der Waals surface area contributed by atoms with E-state index in [1.165, 1.54) is 6.92 Å². The Labute approximate surface area is 129 Å². The second kappa shape index (κ2) is 6.36. The quantitative estimate of drug-likeness (QED) is 0.656. The Morgan fingerprint density at radius 1 is 1.33 bits per heavy atom. The summed E-state index contributed by atoms with van der Waals surface area (Å²) in [6.45, 7) is 3.73. The summed E-state index contributed by atoms with van der Waals surface area (Å²) >= 11 is 0. The first-order valence-corrected chi connectivity index (χ1v) is 9.40. The van der Waals surface area contributed by atoms with Crippen LogP contribution in [-0.2, 0) is 9.05 Å². The number of nitrogens with zero attached hydrogens (tertiary/aromatic N) is 1. The molecule has 0 aliphatic heterocycles. The molecule has 1 aromatic rings. The van der Waals surface area contributed by atoms with Gasteiger partial charge >= 0.3 is 0 Å². The van der Waals surface area contributed by atoms with Gasteiger partial charge in [-0.25, -0.2) is 8.42 Å². The molecule has 1 amide bonds. The van der Waals surface area contributed by atoms with Crippen molar-refractivity contribution in [2.45, 2.75) is 56.9 Å². The molecule has 21 heavy (non-hydrogen) atoms. The van der Waals surface area contributed by atoms with Crippen LogP contribution in [-0.4, -0.2) is 30.6 Å². The van der Waals surface area contributed by atoms with Crippen molar-refractivity contribution >= 4 is 25.6 Å². The molecule has 2 unspecified atom stereocenters. The fourth-order valence-electron chi connectivity index (χ4n) is 2.76. The summed E-state index contributed by atoms with van der Waals surface area (Å²) < 4.78 is 23.1. The van der Waals surface area contributed by atoms with Crippen molar-refractivity contribution in [1.82, 2.24) is 15.5 Å². The van der Waals surface area contributed by atoms with Crippen molar-refractivity contribution in [3.8, 4) is 0 Å². The molecular weight excluding hydrogens is 314 g/mol. The van der Waals surface area contributed by atoms with Gasteiger partial charge in [-0.1, -0.05) is 19.8 Å². The third-order valence-electron chi connectivity index (χ3n) is 3.94. The highest BCUT2D eigenvalue weighted by Gasteiger charge is 2.28. The van der Waals surface area contributed by atoms with Gasteiger partial charge in [0.05, 0.1) is 5.69 Å². The van der Waals surface area contributed by atoms with Crippen LogP contribution < -0.4 is 5.32 Å². The lowest BCUT2D eigenvalue weighted by molar-refractivity contribution is 0.0924. The Morgan fingerprint density at radius 3 is 2.71 bits per heavy atom. The van der Waals surface area contributed by atoms with Gasteiger partial charge < -0.3 is 5.32 Å². The second-order valence-corrected chi connectivity index (χ2v) is 8.25. The summed E-state index contributed by atoms with van der Waals surface area (Å²) in [4.78, 5) is 12.0. The van der Waals surface area contributed by atoms with E-state index in [1.54, 1.807) is 0 Å². The molecule has 1 aromatic heterocycles. The number of aromatic amines is 1. The summed E-state index contributed by atoms with van der Waals surface area (Å²) in [6.07, 6.45) is 5.09. The third-order valence-corrected chi connectivity index (χ3v) is 5.39. The largest absolute Gasteiger partial charge is 0.348 e. The maximum absolute atomic E-state index is 12.3. The topological polar surface area (TPSA) is 91.9 Å². The van der Waals surface area contributed by atoms with Gasteiger partial charge in [-0.3, -0.25) is 9.89 Å². The monoisotopic (exact) mass is 333 g/mol. The Balaban J connectivity index is 2.14. The Morgan fingerprint density at radius 2 is 2.05 bits per heavy atom. The van der Waals surface area contributed by atoms with E-state index in [-0.39, 0.29) is 22.3 Å². The number of aryl methyl sites for hydroxylation is 1. The summed E-state index contributed by atoms with van der Waals surface area (Å²) in [5, 5.41) is 9.17. The van der Waals surface area contributed by atoms with Crippen LogP contribution in [0.15, 0.2) is 4.90 Å². The van der Waals surface area contributed by atoms with Crippen molar-refractivity contribution in [1.29, 1.82) is 0 Å². The summed E-state index contributed by atoms with van der Waals surface area (Å²) in [6, 6.07) is 0.0605. The first-order chi connectivity index (χ1) is 9.79. The zero-order valence-electron chi connectivity index (χ0n) is 12.1. The van der Waals surface area contributed by atoms with Crippen LogP contribution in [0.1, 0.15) is 55.2 Å². The standard InChI is InChI=1S/C13H20ClN3O3S/c1-8-4-3-5-10(7-6-8)15-13(18)11-12(21(14,19)20)9(2)16-17-11/h8,10H,3-7H2,1-2H3,(H,15,18)(H,16,17). The van der Waals surface area contributed by atoms with Gasteiger partial charge in [0.25, 0.3) is 15.0 Å². The molecule has 0 spiro atoms. The number of carbonyl (C=O) groups excluding carboxylic acids is 1. The molecule has 0 aromatic carbocycles. The van der Waals surface area contributed by atoms with Crippen LogP contribution in [0.25, 0.3) is 0 Å². The lowest BCUT2D eigenvalue weighted by atomic mass is 10.0. The van der Waals surface area contributed by atoms with Crippen molar-refractivity contribution in [2.75, 3.05) is 0 Å². The van der Waals surface area contributed by atoms with Gasteiger partial charge in [-0.2, -0.15) is 5.10 Å². The molecule has 0 saturated heterocycles. The number of halogens is 1. The van der Waals surface area contributed by atoms with E-state index in [0.717, 1.165) is 32.1 Å². The average molecular weight is 334 g/mol. The molecule has 6 nitrogen and oxygen atoms in total. The van der Waals surface area contributed by atoms with E-state index in [9.17, 15) is 13.2 Å². The van der Waals surface area contributed by atoms with Gasteiger partial charge in [-0.15, -0.1) is 0 Å². The van der Waals surface area contributed by atoms with E-state index in [2.05, 4.69) is 22.4 Å². The summed E-state index contributed by atoms with van der Waals surface area (Å²) in [5.74, 6) is 0.177. The Bertz CT molecular complexity index is 627. The van der Waals surface area contributed by atoms with E-state index >= 15 is 0 Å². The van der Waals surface area contributed by atoms with Gasteiger partial charge in [0.1, 0.15) is 4.90 Å². The molecule has 2 rings (SSSR count). The average Bonchev–Trinajstić information content (AvgIpc) is 2.66. The first kappa shape index (κ1) is 16.3. The molecule has 1 saturated carbocycles. The van der Waals surface area contributed by atoms with Crippen molar-refractivity contribution < 1.29 is 13.2 Å². The zero-order chi connectivity index (χ0) is 15.6. The normalized spacial score (nSPS) is 23.6. The van der Waals surface area contributed by atoms with Gasteiger partial charge in [0.2, 0.25) is 0 Å². The minimum absolute atomic E-state index is 0.0605. The SMILES string of the molecule is Cc1[nH]nc(C(=O)NC2CCCC(C)CC2)c1S(=O)(=O)Cl. The number of nitrogens with one attached hydrogen (secondary N) is 2. The van der Waals surface area contributed by atoms with E-state index in [4.69, 9.17) is 10.7 Å². The predicted molar refractivity (Wildman–Crippen MR) is 79.9 cm³/mol. The fraction of sp³-hybridized carbons (Fsp3) is 0.692. The van der Waals surface area contributed by atoms with Crippen molar-refractivity contribution in [2.24, 2.45) is 5.92 Å². The number of hydrogen-bond donors (Lipinski definition) is 2.